The quantitative estimate of drug-likeness (QED) is 0.697. The van der Waals surface area contributed by atoms with Crippen molar-refractivity contribution in [2.75, 3.05) is 6.54 Å². The summed E-state index contributed by atoms with van der Waals surface area (Å²) in [6, 6.07) is 0.336. The van der Waals surface area contributed by atoms with Crippen molar-refractivity contribution in [2.24, 2.45) is 11.3 Å². The largest absolute Gasteiger partial charge is 0.388 e. The van der Waals surface area contributed by atoms with Crippen molar-refractivity contribution in [3.05, 3.63) is 0 Å². The van der Waals surface area contributed by atoms with Crippen LogP contribution in [0, 0.1) is 11.3 Å². The second-order valence-corrected chi connectivity index (χ2v) is 6.58. The van der Waals surface area contributed by atoms with Gasteiger partial charge in [0.15, 0.2) is 0 Å². The number of aliphatic hydroxyl groups is 1. The van der Waals surface area contributed by atoms with E-state index in [4.69, 9.17) is 0 Å². The van der Waals surface area contributed by atoms with Crippen molar-refractivity contribution < 1.29 is 5.11 Å². The topological polar surface area (TPSA) is 32.3 Å². The van der Waals surface area contributed by atoms with Crippen LogP contribution < -0.4 is 5.32 Å². The summed E-state index contributed by atoms with van der Waals surface area (Å²) in [5.74, 6) is 0.768. The Balaban J connectivity index is 2.03. The highest BCUT2D eigenvalue weighted by molar-refractivity contribution is 5.02. The van der Waals surface area contributed by atoms with Crippen molar-refractivity contribution in [3.8, 4) is 0 Å². The molecule has 1 aliphatic carbocycles. The molecule has 1 saturated carbocycles. The van der Waals surface area contributed by atoms with Crippen LogP contribution in [0.2, 0.25) is 0 Å². The molecule has 3 atom stereocenters. The molecule has 2 heteroatoms. The van der Waals surface area contributed by atoms with E-state index in [2.05, 4.69) is 26.1 Å². The molecule has 0 bridgehead atoms. The summed E-state index contributed by atoms with van der Waals surface area (Å²) in [5.41, 5.74) is -0.102. The molecule has 2 nitrogen and oxygen atoms in total. The van der Waals surface area contributed by atoms with E-state index in [9.17, 15) is 5.11 Å². The van der Waals surface area contributed by atoms with Crippen molar-refractivity contribution >= 4 is 0 Å². The Morgan fingerprint density at radius 1 is 1.27 bits per heavy atom. The molecular weight excluding hydrogens is 186 g/mol. The third kappa shape index (κ3) is 2.36. The molecule has 2 N–H and O–H groups in total. The molecule has 2 fully saturated rings. The summed E-state index contributed by atoms with van der Waals surface area (Å²) in [4.78, 5) is 0. The SMILES string of the molecule is CC1CCNC(C2(O)CCC(C)(C)C2)C1. The van der Waals surface area contributed by atoms with Crippen LogP contribution >= 0.6 is 0 Å². The summed E-state index contributed by atoms with van der Waals surface area (Å²) in [6.07, 6.45) is 5.51. The third-order valence-electron chi connectivity index (χ3n) is 4.33. The maximum absolute atomic E-state index is 10.7. The Kier molecular flexibility index (Phi) is 2.85. The molecule has 0 spiro atoms. The van der Waals surface area contributed by atoms with E-state index < -0.39 is 5.60 Å². The first-order valence-corrected chi connectivity index (χ1v) is 6.37. The minimum atomic E-state index is -0.432. The predicted octanol–water partition coefficient (Wildman–Crippen LogP) is 2.32. The molecule has 2 rings (SSSR count). The van der Waals surface area contributed by atoms with Gasteiger partial charge in [-0.05, 0) is 50.0 Å². The highest BCUT2D eigenvalue weighted by atomic mass is 16.3. The molecule has 0 amide bonds. The van der Waals surface area contributed by atoms with Gasteiger partial charge < -0.3 is 10.4 Å². The van der Waals surface area contributed by atoms with Crippen LogP contribution in [-0.4, -0.2) is 23.3 Å². The van der Waals surface area contributed by atoms with Crippen LogP contribution in [0.4, 0.5) is 0 Å². The lowest BCUT2D eigenvalue weighted by molar-refractivity contribution is -0.0151. The molecule has 88 valence electrons. The van der Waals surface area contributed by atoms with Gasteiger partial charge >= 0.3 is 0 Å². The molecule has 0 aromatic rings. The average molecular weight is 211 g/mol. The number of hydrogen-bond donors (Lipinski definition) is 2. The van der Waals surface area contributed by atoms with Gasteiger partial charge in [0, 0.05) is 6.04 Å². The third-order valence-corrected chi connectivity index (χ3v) is 4.33. The van der Waals surface area contributed by atoms with Gasteiger partial charge in [-0.2, -0.15) is 0 Å². The van der Waals surface area contributed by atoms with Crippen molar-refractivity contribution in [3.63, 3.8) is 0 Å². The maximum atomic E-state index is 10.7. The van der Waals surface area contributed by atoms with Gasteiger partial charge in [-0.3, -0.25) is 0 Å². The minimum Gasteiger partial charge on any atom is -0.388 e. The first-order valence-electron chi connectivity index (χ1n) is 6.37. The Bertz CT molecular complexity index is 239. The fourth-order valence-corrected chi connectivity index (χ4v) is 3.37. The lowest BCUT2D eigenvalue weighted by Gasteiger charge is -2.39. The zero-order chi connectivity index (χ0) is 11.1. The first-order chi connectivity index (χ1) is 6.91. The Labute approximate surface area is 93.5 Å². The van der Waals surface area contributed by atoms with Gasteiger partial charge in [-0.15, -0.1) is 0 Å². The molecule has 1 heterocycles. The van der Waals surface area contributed by atoms with E-state index in [0.717, 1.165) is 38.1 Å². The van der Waals surface area contributed by atoms with Crippen molar-refractivity contribution in [1.82, 2.24) is 5.32 Å². The van der Waals surface area contributed by atoms with Gasteiger partial charge in [0.2, 0.25) is 0 Å². The van der Waals surface area contributed by atoms with Gasteiger partial charge in [0.05, 0.1) is 5.60 Å². The fourth-order valence-electron chi connectivity index (χ4n) is 3.37. The number of nitrogens with one attached hydrogen (secondary N) is 1. The van der Waals surface area contributed by atoms with Crippen LogP contribution in [0.5, 0.6) is 0 Å². The summed E-state index contributed by atoms with van der Waals surface area (Å²) in [7, 11) is 0. The fraction of sp³-hybridized carbons (Fsp3) is 1.00. The molecule has 15 heavy (non-hydrogen) atoms. The zero-order valence-corrected chi connectivity index (χ0v) is 10.3. The molecule has 3 unspecified atom stereocenters. The maximum Gasteiger partial charge on any atom is 0.0805 e. The van der Waals surface area contributed by atoms with Crippen LogP contribution in [-0.2, 0) is 0 Å². The number of rotatable bonds is 1. The Hall–Kier alpha value is -0.0800. The van der Waals surface area contributed by atoms with E-state index in [1.807, 2.05) is 0 Å². The van der Waals surface area contributed by atoms with Crippen LogP contribution in [0.15, 0.2) is 0 Å². The lowest BCUT2D eigenvalue weighted by atomic mass is 9.80. The minimum absolute atomic E-state index is 0.330. The summed E-state index contributed by atoms with van der Waals surface area (Å²) in [5, 5.41) is 14.2. The molecule has 0 radical (unpaired) electrons. The molecule has 2 aliphatic rings. The lowest BCUT2D eigenvalue weighted by Crippen LogP contribution is -2.53. The zero-order valence-electron chi connectivity index (χ0n) is 10.3. The van der Waals surface area contributed by atoms with Crippen molar-refractivity contribution in [2.45, 2.75) is 64.5 Å². The Morgan fingerprint density at radius 3 is 2.53 bits per heavy atom. The predicted molar refractivity (Wildman–Crippen MR) is 62.8 cm³/mol. The standard InChI is InChI=1S/C13H25NO/c1-10-4-7-14-11(8-10)13(15)6-5-12(2,3)9-13/h10-11,14-15H,4-9H2,1-3H3. The van der Waals surface area contributed by atoms with E-state index in [1.54, 1.807) is 0 Å². The average Bonchev–Trinajstić information content (AvgIpc) is 2.42. The second-order valence-electron chi connectivity index (χ2n) is 6.58. The van der Waals surface area contributed by atoms with Crippen LogP contribution in [0.3, 0.4) is 0 Å². The summed E-state index contributed by atoms with van der Waals surface area (Å²) >= 11 is 0. The van der Waals surface area contributed by atoms with E-state index in [-0.39, 0.29) is 0 Å². The highest BCUT2D eigenvalue weighted by Gasteiger charge is 2.47. The van der Waals surface area contributed by atoms with E-state index >= 15 is 0 Å². The van der Waals surface area contributed by atoms with Gasteiger partial charge in [0.1, 0.15) is 0 Å². The second kappa shape index (κ2) is 3.74. The van der Waals surface area contributed by atoms with Crippen molar-refractivity contribution in [1.29, 1.82) is 0 Å². The van der Waals surface area contributed by atoms with E-state index in [1.165, 1.54) is 6.42 Å². The monoisotopic (exact) mass is 211 g/mol. The first kappa shape index (κ1) is 11.4. The normalized spacial score (nSPS) is 45.6. The molecule has 0 aromatic carbocycles. The smallest absolute Gasteiger partial charge is 0.0805 e. The molecular formula is C13H25NO. The highest BCUT2D eigenvalue weighted by Crippen LogP contribution is 2.46. The molecule has 0 aromatic heterocycles. The Morgan fingerprint density at radius 2 is 2.00 bits per heavy atom. The van der Waals surface area contributed by atoms with Crippen LogP contribution in [0.25, 0.3) is 0 Å². The van der Waals surface area contributed by atoms with Gasteiger partial charge in [0.25, 0.3) is 0 Å². The van der Waals surface area contributed by atoms with Gasteiger partial charge in [-0.25, -0.2) is 0 Å². The summed E-state index contributed by atoms with van der Waals surface area (Å²) in [6.45, 7) is 7.93. The number of hydrogen-bond acceptors (Lipinski definition) is 2. The van der Waals surface area contributed by atoms with Gasteiger partial charge in [-0.1, -0.05) is 20.8 Å². The van der Waals surface area contributed by atoms with Crippen LogP contribution in [0.1, 0.15) is 52.9 Å². The molecule has 1 aliphatic heterocycles. The molecule has 1 saturated heterocycles. The number of piperidine rings is 1. The summed E-state index contributed by atoms with van der Waals surface area (Å²) < 4.78 is 0. The van der Waals surface area contributed by atoms with E-state index in [0.29, 0.717) is 11.5 Å².